The molecule has 2 aromatic carbocycles. The topological polar surface area (TPSA) is 33.2 Å². The van der Waals surface area contributed by atoms with Crippen LogP contribution in [0.1, 0.15) is 15.9 Å². The van der Waals surface area contributed by atoms with Crippen LogP contribution in [-0.4, -0.2) is 10.9 Å². The maximum absolute atomic E-state index is 12.6. The Morgan fingerprint density at radius 2 is 1.85 bits per heavy atom. The van der Waals surface area contributed by atoms with Gasteiger partial charge >= 0.3 is 0 Å². The number of hydrogen-bond acceptors (Lipinski definition) is 2. The van der Waals surface area contributed by atoms with Gasteiger partial charge in [0.05, 0.1) is 12.2 Å². The normalized spacial score (nSPS) is 13.2. The summed E-state index contributed by atoms with van der Waals surface area (Å²) in [4.78, 5) is 18.5. The molecule has 4 rings (SSSR count). The maximum Gasteiger partial charge on any atom is 0.259 e. The van der Waals surface area contributed by atoms with Crippen LogP contribution in [0.3, 0.4) is 0 Å². The first-order chi connectivity index (χ1) is 9.84. The van der Waals surface area contributed by atoms with Gasteiger partial charge in [-0.2, -0.15) is 0 Å². The summed E-state index contributed by atoms with van der Waals surface area (Å²) in [5, 5.41) is 2.17. The summed E-state index contributed by atoms with van der Waals surface area (Å²) >= 11 is 0. The minimum atomic E-state index is 0.0700. The fourth-order valence-corrected chi connectivity index (χ4v) is 2.81. The summed E-state index contributed by atoms with van der Waals surface area (Å²) in [5.41, 5.74) is 2.82. The molecule has 0 bridgehead atoms. The van der Waals surface area contributed by atoms with Crippen molar-refractivity contribution in [1.29, 1.82) is 0 Å². The summed E-state index contributed by atoms with van der Waals surface area (Å²) in [5.74, 6) is 0.0700. The van der Waals surface area contributed by atoms with E-state index in [-0.39, 0.29) is 5.91 Å². The van der Waals surface area contributed by atoms with Crippen LogP contribution in [0.25, 0.3) is 10.8 Å². The zero-order chi connectivity index (χ0) is 13.5. The molecule has 20 heavy (non-hydrogen) atoms. The van der Waals surface area contributed by atoms with Gasteiger partial charge in [0.2, 0.25) is 0 Å². The number of nitrogens with zero attached hydrogens (tertiary/aromatic N) is 2. The van der Waals surface area contributed by atoms with Gasteiger partial charge < -0.3 is 4.90 Å². The van der Waals surface area contributed by atoms with E-state index in [1.165, 1.54) is 0 Å². The van der Waals surface area contributed by atoms with E-state index >= 15 is 0 Å². The summed E-state index contributed by atoms with van der Waals surface area (Å²) in [7, 11) is 0. The Bertz CT molecular complexity index is 806. The highest BCUT2D eigenvalue weighted by atomic mass is 16.2. The second kappa shape index (κ2) is 4.17. The maximum atomic E-state index is 12.6. The van der Waals surface area contributed by atoms with Gasteiger partial charge in [-0.25, -0.2) is 0 Å². The fourth-order valence-electron chi connectivity index (χ4n) is 2.81. The number of carbonyl (C=O) groups is 1. The van der Waals surface area contributed by atoms with E-state index in [4.69, 9.17) is 0 Å². The van der Waals surface area contributed by atoms with Gasteiger partial charge in [0.25, 0.3) is 5.91 Å². The lowest BCUT2D eigenvalue weighted by Gasteiger charge is -2.17. The van der Waals surface area contributed by atoms with Crippen LogP contribution in [0, 0.1) is 0 Å². The van der Waals surface area contributed by atoms with Crippen molar-refractivity contribution in [3.8, 4) is 0 Å². The Kier molecular flexibility index (Phi) is 2.33. The molecule has 0 N–H and O–H groups in total. The van der Waals surface area contributed by atoms with Crippen molar-refractivity contribution in [2.75, 3.05) is 4.90 Å². The average molecular weight is 260 g/mol. The van der Waals surface area contributed by atoms with Crippen LogP contribution in [0.2, 0.25) is 0 Å². The number of pyridine rings is 1. The second-order valence-electron chi connectivity index (χ2n) is 4.93. The summed E-state index contributed by atoms with van der Waals surface area (Å²) < 4.78 is 0. The average Bonchev–Trinajstić information content (AvgIpc) is 2.77. The first-order valence-corrected chi connectivity index (χ1v) is 6.57. The number of rotatable bonds is 2. The number of carbonyl (C=O) groups excluding carboxylic acids is 1. The minimum Gasteiger partial charge on any atom is -0.303 e. The third-order valence-corrected chi connectivity index (χ3v) is 3.71. The minimum absolute atomic E-state index is 0.0700. The van der Waals surface area contributed by atoms with E-state index in [0.717, 1.165) is 27.6 Å². The monoisotopic (exact) mass is 260 g/mol. The molecule has 1 amide bonds. The van der Waals surface area contributed by atoms with Crippen molar-refractivity contribution in [1.82, 2.24) is 4.98 Å². The molecule has 0 spiro atoms. The van der Waals surface area contributed by atoms with Crippen molar-refractivity contribution < 1.29 is 4.79 Å². The Morgan fingerprint density at radius 1 is 1.00 bits per heavy atom. The van der Waals surface area contributed by atoms with Gasteiger partial charge in [-0.15, -0.1) is 0 Å². The molecule has 2 heterocycles. The van der Waals surface area contributed by atoms with E-state index in [0.29, 0.717) is 6.54 Å². The molecule has 3 nitrogen and oxygen atoms in total. The molecule has 96 valence electrons. The molecular formula is C17H12N2O. The molecule has 0 radical (unpaired) electrons. The summed E-state index contributed by atoms with van der Waals surface area (Å²) in [6.07, 6.45) is 3.54. The molecule has 1 aliphatic heterocycles. The molecule has 0 fully saturated rings. The van der Waals surface area contributed by atoms with Gasteiger partial charge in [0, 0.05) is 23.3 Å². The summed E-state index contributed by atoms with van der Waals surface area (Å²) in [6.45, 7) is 0.556. The molecule has 1 aromatic heterocycles. The zero-order valence-corrected chi connectivity index (χ0v) is 10.8. The Balaban J connectivity index is 1.85. The largest absolute Gasteiger partial charge is 0.303 e. The van der Waals surface area contributed by atoms with E-state index < -0.39 is 0 Å². The third kappa shape index (κ3) is 1.53. The highest BCUT2D eigenvalue weighted by Gasteiger charge is 2.29. The van der Waals surface area contributed by atoms with E-state index in [2.05, 4.69) is 4.98 Å². The molecule has 1 aliphatic rings. The van der Waals surface area contributed by atoms with Gasteiger partial charge in [-0.3, -0.25) is 9.78 Å². The second-order valence-corrected chi connectivity index (χ2v) is 4.93. The summed E-state index contributed by atoms with van der Waals surface area (Å²) in [6, 6.07) is 15.8. The van der Waals surface area contributed by atoms with E-state index in [1.807, 2.05) is 53.4 Å². The van der Waals surface area contributed by atoms with Crippen molar-refractivity contribution in [3.63, 3.8) is 0 Å². The molecule has 0 saturated carbocycles. The smallest absolute Gasteiger partial charge is 0.259 e. The molecule has 0 unspecified atom stereocenters. The van der Waals surface area contributed by atoms with E-state index in [9.17, 15) is 4.79 Å². The lowest BCUT2D eigenvalue weighted by molar-refractivity contribution is 0.0991. The SMILES string of the molecule is O=C1c2cccc3cccc(c23)N1Cc1cccnc1. The van der Waals surface area contributed by atoms with Crippen LogP contribution in [-0.2, 0) is 6.54 Å². The van der Waals surface area contributed by atoms with Crippen molar-refractivity contribution in [2.24, 2.45) is 0 Å². The lowest BCUT2D eigenvalue weighted by Crippen LogP contribution is -2.26. The van der Waals surface area contributed by atoms with Crippen LogP contribution in [0.15, 0.2) is 60.9 Å². The van der Waals surface area contributed by atoms with Gasteiger partial charge in [-0.1, -0.05) is 30.3 Å². The van der Waals surface area contributed by atoms with Crippen LogP contribution >= 0.6 is 0 Å². The number of benzene rings is 2. The number of amides is 1. The number of anilines is 1. The first kappa shape index (κ1) is 11.2. The molecule has 0 aliphatic carbocycles. The van der Waals surface area contributed by atoms with Crippen molar-refractivity contribution in [2.45, 2.75) is 6.54 Å². The van der Waals surface area contributed by atoms with Crippen LogP contribution in [0.4, 0.5) is 5.69 Å². The predicted molar refractivity (Wildman–Crippen MR) is 78.7 cm³/mol. The van der Waals surface area contributed by atoms with Crippen LogP contribution < -0.4 is 4.90 Å². The highest BCUT2D eigenvalue weighted by Crippen LogP contribution is 2.37. The van der Waals surface area contributed by atoms with Crippen molar-refractivity contribution >= 4 is 22.4 Å². The predicted octanol–water partition coefficient (Wildman–Crippen LogP) is 3.40. The number of hydrogen-bond donors (Lipinski definition) is 0. The Hall–Kier alpha value is -2.68. The van der Waals surface area contributed by atoms with Gasteiger partial charge in [-0.05, 0) is 29.1 Å². The van der Waals surface area contributed by atoms with Crippen molar-refractivity contribution in [3.05, 3.63) is 72.1 Å². The fraction of sp³-hybridized carbons (Fsp3) is 0.0588. The molecular weight excluding hydrogens is 248 g/mol. The Morgan fingerprint density at radius 3 is 2.65 bits per heavy atom. The lowest BCUT2D eigenvalue weighted by atomic mass is 10.1. The Labute approximate surface area is 116 Å². The van der Waals surface area contributed by atoms with Gasteiger partial charge in [0.1, 0.15) is 0 Å². The standard InChI is InChI=1S/C17H12N2O/c20-17-14-7-1-5-13-6-2-8-15(16(13)14)19(17)11-12-4-3-9-18-10-12/h1-10H,11H2. The number of aromatic nitrogens is 1. The van der Waals surface area contributed by atoms with Crippen LogP contribution in [0.5, 0.6) is 0 Å². The highest BCUT2D eigenvalue weighted by molar-refractivity contribution is 6.24. The third-order valence-electron chi connectivity index (χ3n) is 3.71. The van der Waals surface area contributed by atoms with Gasteiger partial charge in [0.15, 0.2) is 0 Å². The first-order valence-electron chi connectivity index (χ1n) is 6.57. The van der Waals surface area contributed by atoms with E-state index in [1.54, 1.807) is 12.4 Å². The quantitative estimate of drug-likeness (QED) is 0.707. The molecule has 0 atom stereocenters. The molecule has 3 aromatic rings. The zero-order valence-electron chi connectivity index (χ0n) is 10.8. The molecule has 3 heteroatoms. The molecule has 0 saturated heterocycles.